The largest absolute Gasteiger partial charge is 0.395 e. The molecule has 1 heterocycles. The Bertz CT molecular complexity index is 430. The summed E-state index contributed by atoms with van der Waals surface area (Å²) in [6.07, 6.45) is 2.83. The smallest absolute Gasteiger partial charge is 0.107 e. The van der Waals surface area contributed by atoms with Crippen LogP contribution in [0.4, 0.5) is 0 Å². The van der Waals surface area contributed by atoms with Crippen molar-refractivity contribution >= 4 is 11.3 Å². The average Bonchev–Trinajstić information content (AvgIpc) is 2.90. The summed E-state index contributed by atoms with van der Waals surface area (Å²) in [4.78, 5) is 6.53. The predicted molar refractivity (Wildman–Crippen MR) is 74.6 cm³/mol. The number of aliphatic hydroxyl groups is 1. The van der Waals surface area contributed by atoms with Gasteiger partial charge in [0.25, 0.3) is 0 Å². The second-order valence-corrected chi connectivity index (χ2v) is 5.14. The van der Waals surface area contributed by atoms with Gasteiger partial charge in [-0.25, -0.2) is 4.98 Å². The zero-order valence-corrected chi connectivity index (χ0v) is 11.1. The normalized spacial score (nSPS) is 11.0. The van der Waals surface area contributed by atoms with Gasteiger partial charge in [0.1, 0.15) is 5.01 Å². The summed E-state index contributed by atoms with van der Waals surface area (Å²) >= 11 is 1.66. The Labute approximate surface area is 112 Å². The fraction of sp³-hybridized carbons (Fsp3) is 0.357. The van der Waals surface area contributed by atoms with Gasteiger partial charge in [0.2, 0.25) is 0 Å². The SMILES string of the molecule is OCCN(CCc1ccccc1)Cc1nccs1. The van der Waals surface area contributed by atoms with E-state index in [-0.39, 0.29) is 6.61 Å². The highest BCUT2D eigenvalue weighted by Crippen LogP contribution is 2.09. The summed E-state index contributed by atoms with van der Waals surface area (Å²) in [6.45, 7) is 2.67. The number of hydrogen-bond acceptors (Lipinski definition) is 4. The Hall–Kier alpha value is -1.23. The number of thiazole rings is 1. The third-order valence-electron chi connectivity index (χ3n) is 2.82. The number of aromatic nitrogens is 1. The van der Waals surface area contributed by atoms with Gasteiger partial charge in [0, 0.05) is 24.7 Å². The van der Waals surface area contributed by atoms with Crippen LogP contribution < -0.4 is 0 Å². The van der Waals surface area contributed by atoms with Crippen molar-refractivity contribution in [2.24, 2.45) is 0 Å². The van der Waals surface area contributed by atoms with Crippen molar-refractivity contribution in [3.8, 4) is 0 Å². The van der Waals surface area contributed by atoms with Crippen molar-refractivity contribution in [2.45, 2.75) is 13.0 Å². The Morgan fingerprint density at radius 3 is 2.67 bits per heavy atom. The third kappa shape index (κ3) is 4.22. The fourth-order valence-electron chi connectivity index (χ4n) is 1.87. The lowest BCUT2D eigenvalue weighted by molar-refractivity contribution is 0.191. The molecule has 18 heavy (non-hydrogen) atoms. The van der Waals surface area contributed by atoms with E-state index in [1.807, 2.05) is 17.6 Å². The highest BCUT2D eigenvalue weighted by atomic mass is 32.1. The molecule has 2 aromatic rings. The molecule has 1 aromatic carbocycles. The van der Waals surface area contributed by atoms with E-state index in [9.17, 15) is 0 Å². The molecule has 0 amide bonds. The second kappa shape index (κ2) is 7.26. The summed E-state index contributed by atoms with van der Waals surface area (Å²) in [6, 6.07) is 10.4. The molecule has 0 spiro atoms. The van der Waals surface area contributed by atoms with Crippen molar-refractivity contribution in [1.29, 1.82) is 0 Å². The fourth-order valence-corrected chi connectivity index (χ4v) is 2.52. The number of rotatable bonds is 7. The van der Waals surface area contributed by atoms with Gasteiger partial charge in [-0.05, 0) is 12.0 Å². The van der Waals surface area contributed by atoms with Gasteiger partial charge in [-0.1, -0.05) is 30.3 Å². The molecule has 0 saturated carbocycles. The molecule has 4 heteroatoms. The van der Waals surface area contributed by atoms with Crippen molar-refractivity contribution < 1.29 is 5.11 Å². The highest BCUT2D eigenvalue weighted by molar-refractivity contribution is 7.09. The van der Waals surface area contributed by atoms with E-state index in [0.29, 0.717) is 6.54 Å². The molecule has 0 bridgehead atoms. The van der Waals surface area contributed by atoms with Crippen LogP contribution in [0.2, 0.25) is 0 Å². The predicted octanol–water partition coefficient (Wildman–Crippen LogP) is 2.18. The molecule has 2 rings (SSSR count). The minimum Gasteiger partial charge on any atom is -0.395 e. The molecule has 0 aliphatic rings. The number of aliphatic hydroxyl groups excluding tert-OH is 1. The van der Waals surface area contributed by atoms with Crippen LogP contribution in [-0.2, 0) is 13.0 Å². The summed E-state index contributed by atoms with van der Waals surface area (Å²) in [7, 11) is 0. The number of benzene rings is 1. The first-order valence-electron chi connectivity index (χ1n) is 6.14. The lowest BCUT2D eigenvalue weighted by atomic mass is 10.1. The van der Waals surface area contributed by atoms with Gasteiger partial charge >= 0.3 is 0 Å². The van der Waals surface area contributed by atoms with E-state index >= 15 is 0 Å². The third-order valence-corrected chi connectivity index (χ3v) is 3.58. The van der Waals surface area contributed by atoms with Crippen LogP contribution in [0.15, 0.2) is 41.9 Å². The molecule has 0 aliphatic heterocycles. The standard InChI is InChI=1S/C14H18N2OS/c17-10-9-16(12-14-15-7-11-18-14)8-6-13-4-2-1-3-5-13/h1-5,7,11,17H,6,8-10,12H2. The van der Waals surface area contributed by atoms with E-state index in [2.05, 4.69) is 34.1 Å². The van der Waals surface area contributed by atoms with Crippen LogP contribution in [0.25, 0.3) is 0 Å². The van der Waals surface area contributed by atoms with Crippen LogP contribution in [0, 0.1) is 0 Å². The molecule has 0 saturated heterocycles. The maximum absolute atomic E-state index is 9.10. The quantitative estimate of drug-likeness (QED) is 0.831. The molecule has 1 aromatic heterocycles. The first-order valence-corrected chi connectivity index (χ1v) is 7.02. The van der Waals surface area contributed by atoms with Gasteiger partial charge in [-0.3, -0.25) is 4.90 Å². The van der Waals surface area contributed by atoms with Crippen molar-refractivity contribution in [1.82, 2.24) is 9.88 Å². The van der Waals surface area contributed by atoms with Crippen molar-refractivity contribution in [3.05, 3.63) is 52.5 Å². The van der Waals surface area contributed by atoms with Crippen LogP contribution >= 0.6 is 11.3 Å². The van der Waals surface area contributed by atoms with Crippen LogP contribution in [0.3, 0.4) is 0 Å². The molecular weight excluding hydrogens is 244 g/mol. The minimum atomic E-state index is 0.195. The zero-order valence-electron chi connectivity index (χ0n) is 10.3. The zero-order chi connectivity index (χ0) is 12.6. The Morgan fingerprint density at radius 1 is 1.17 bits per heavy atom. The molecule has 0 fully saturated rings. The Kier molecular flexibility index (Phi) is 5.33. The molecular formula is C14H18N2OS. The van der Waals surface area contributed by atoms with Crippen LogP contribution in [0.1, 0.15) is 10.6 Å². The highest BCUT2D eigenvalue weighted by Gasteiger charge is 2.07. The van der Waals surface area contributed by atoms with Crippen molar-refractivity contribution in [3.63, 3.8) is 0 Å². The van der Waals surface area contributed by atoms with E-state index in [1.54, 1.807) is 11.3 Å². The molecule has 0 radical (unpaired) electrons. The van der Waals surface area contributed by atoms with E-state index in [4.69, 9.17) is 5.11 Å². The number of nitrogens with zero attached hydrogens (tertiary/aromatic N) is 2. The topological polar surface area (TPSA) is 36.4 Å². The maximum Gasteiger partial charge on any atom is 0.107 e. The summed E-state index contributed by atoms with van der Waals surface area (Å²) in [5.41, 5.74) is 1.33. The van der Waals surface area contributed by atoms with Gasteiger partial charge in [-0.15, -0.1) is 11.3 Å². The van der Waals surface area contributed by atoms with E-state index in [1.165, 1.54) is 5.56 Å². The van der Waals surface area contributed by atoms with Crippen LogP contribution in [-0.4, -0.2) is 34.7 Å². The molecule has 96 valence electrons. The number of hydrogen-bond donors (Lipinski definition) is 1. The molecule has 0 unspecified atom stereocenters. The monoisotopic (exact) mass is 262 g/mol. The summed E-state index contributed by atoms with van der Waals surface area (Å²) in [5.74, 6) is 0. The lowest BCUT2D eigenvalue weighted by Gasteiger charge is -2.19. The van der Waals surface area contributed by atoms with Crippen LogP contribution in [0.5, 0.6) is 0 Å². The molecule has 3 nitrogen and oxygen atoms in total. The Morgan fingerprint density at radius 2 is 2.00 bits per heavy atom. The van der Waals surface area contributed by atoms with Gasteiger partial charge in [0.05, 0.1) is 13.2 Å². The van der Waals surface area contributed by atoms with E-state index in [0.717, 1.165) is 24.5 Å². The molecule has 1 N–H and O–H groups in total. The average molecular weight is 262 g/mol. The minimum absolute atomic E-state index is 0.195. The summed E-state index contributed by atoms with van der Waals surface area (Å²) < 4.78 is 0. The van der Waals surface area contributed by atoms with Crippen molar-refractivity contribution in [2.75, 3.05) is 19.7 Å². The van der Waals surface area contributed by atoms with Gasteiger partial charge in [0.15, 0.2) is 0 Å². The molecule has 0 atom stereocenters. The maximum atomic E-state index is 9.10. The summed E-state index contributed by atoms with van der Waals surface area (Å²) in [5, 5.41) is 12.2. The molecule has 0 aliphatic carbocycles. The first kappa shape index (κ1) is 13.2. The van der Waals surface area contributed by atoms with E-state index < -0.39 is 0 Å². The second-order valence-electron chi connectivity index (χ2n) is 4.16. The lowest BCUT2D eigenvalue weighted by Crippen LogP contribution is -2.28. The van der Waals surface area contributed by atoms with Gasteiger partial charge in [-0.2, -0.15) is 0 Å². The van der Waals surface area contributed by atoms with Gasteiger partial charge < -0.3 is 5.11 Å². The first-order chi connectivity index (χ1) is 8.88. The Balaban J connectivity index is 1.86.